The van der Waals surface area contributed by atoms with Crippen molar-refractivity contribution in [2.24, 2.45) is 17.1 Å². The van der Waals surface area contributed by atoms with E-state index in [2.05, 4.69) is 19.2 Å². The Balaban J connectivity index is 3.96. The molecule has 0 aliphatic carbocycles. The van der Waals surface area contributed by atoms with Crippen LogP contribution in [0.2, 0.25) is 0 Å². The van der Waals surface area contributed by atoms with Crippen LogP contribution in [0.1, 0.15) is 40.5 Å². The lowest BCUT2D eigenvalue weighted by atomic mass is 9.93. The van der Waals surface area contributed by atoms with Gasteiger partial charge in [0, 0.05) is 18.4 Å². The van der Waals surface area contributed by atoms with Gasteiger partial charge in [-0.2, -0.15) is 0 Å². The first kappa shape index (κ1) is 14.4. The number of carbonyl (C=O) groups excluding carboxylic acids is 1. The Morgan fingerprint density at radius 1 is 1.53 bits per heavy atom. The van der Waals surface area contributed by atoms with Crippen molar-refractivity contribution in [2.75, 3.05) is 6.54 Å². The Kier molecular flexibility index (Phi) is 5.80. The summed E-state index contributed by atoms with van der Waals surface area (Å²) in [5.74, 6) is 0.506. The summed E-state index contributed by atoms with van der Waals surface area (Å²) in [4.78, 5) is 11.9. The largest absolute Gasteiger partial charge is 0.393 e. The maximum absolute atomic E-state index is 11.5. The molecule has 0 saturated heterocycles. The zero-order chi connectivity index (χ0) is 12.1. The summed E-state index contributed by atoms with van der Waals surface area (Å²) in [5.41, 5.74) is 5.26. The SMILES string of the molecule is CCC(C)CC(=O)NCC(C)(C)C(N)=S. The van der Waals surface area contributed by atoms with Crippen molar-refractivity contribution < 1.29 is 4.79 Å². The average molecular weight is 230 g/mol. The topological polar surface area (TPSA) is 55.1 Å². The van der Waals surface area contributed by atoms with E-state index in [-0.39, 0.29) is 11.3 Å². The van der Waals surface area contributed by atoms with Gasteiger partial charge in [0.25, 0.3) is 0 Å². The number of nitrogens with two attached hydrogens (primary N) is 1. The predicted molar refractivity (Wildman–Crippen MR) is 67.6 cm³/mol. The Bertz CT molecular complexity index is 239. The molecule has 1 unspecified atom stereocenters. The highest BCUT2D eigenvalue weighted by Gasteiger charge is 2.22. The smallest absolute Gasteiger partial charge is 0.220 e. The molecule has 0 saturated carbocycles. The lowest BCUT2D eigenvalue weighted by Gasteiger charge is -2.23. The summed E-state index contributed by atoms with van der Waals surface area (Å²) in [7, 11) is 0. The first-order chi connectivity index (χ1) is 6.79. The third-order valence-corrected chi connectivity index (χ3v) is 3.18. The van der Waals surface area contributed by atoms with Crippen LogP contribution in [-0.4, -0.2) is 17.4 Å². The highest BCUT2D eigenvalue weighted by molar-refractivity contribution is 7.80. The van der Waals surface area contributed by atoms with Gasteiger partial charge in [-0.25, -0.2) is 0 Å². The van der Waals surface area contributed by atoms with Crippen LogP contribution in [0.5, 0.6) is 0 Å². The van der Waals surface area contributed by atoms with Crippen molar-refractivity contribution >= 4 is 23.1 Å². The molecule has 0 fully saturated rings. The lowest BCUT2D eigenvalue weighted by Crippen LogP contribution is -2.41. The molecule has 0 aliphatic rings. The van der Waals surface area contributed by atoms with Gasteiger partial charge in [0.2, 0.25) is 5.91 Å². The standard InChI is InChI=1S/C11H22N2OS/c1-5-8(2)6-9(14)13-7-11(3,4)10(12)15/h8H,5-7H2,1-4H3,(H2,12,15)(H,13,14). The highest BCUT2D eigenvalue weighted by Crippen LogP contribution is 2.14. The molecule has 1 atom stereocenters. The summed E-state index contributed by atoms with van der Waals surface area (Å²) >= 11 is 4.92. The van der Waals surface area contributed by atoms with Gasteiger partial charge < -0.3 is 11.1 Å². The lowest BCUT2D eigenvalue weighted by molar-refractivity contribution is -0.122. The summed E-state index contributed by atoms with van der Waals surface area (Å²) in [5, 5.41) is 2.86. The Hall–Kier alpha value is -0.640. The zero-order valence-electron chi connectivity index (χ0n) is 10.1. The summed E-state index contributed by atoms with van der Waals surface area (Å²) in [6.07, 6.45) is 1.59. The zero-order valence-corrected chi connectivity index (χ0v) is 10.9. The first-order valence-corrected chi connectivity index (χ1v) is 5.77. The van der Waals surface area contributed by atoms with Crippen molar-refractivity contribution in [1.82, 2.24) is 5.32 Å². The van der Waals surface area contributed by atoms with Crippen molar-refractivity contribution in [2.45, 2.75) is 40.5 Å². The molecule has 0 spiro atoms. The van der Waals surface area contributed by atoms with Crippen LogP contribution in [0.25, 0.3) is 0 Å². The second-order valence-corrected chi connectivity index (χ2v) is 5.18. The van der Waals surface area contributed by atoms with Gasteiger partial charge in [-0.15, -0.1) is 0 Å². The summed E-state index contributed by atoms with van der Waals surface area (Å²) in [6.45, 7) is 8.52. The fourth-order valence-corrected chi connectivity index (χ4v) is 1.01. The second kappa shape index (κ2) is 6.05. The Morgan fingerprint density at radius 2 is 2.07 bits per heavy atom. The normalized spacial score (nSPS) is 13.3. The molecule has 0 bridgehead atoms. The fourth-order valence-electron chi connectivity index (χ4n) is 0.940. The maximum atomic E-state index is 11.5. The van der Waals surface area contributed by atoms with E-state index in [9.17, 15) is 4.79 Å². The highest BCUT2D eigenvalue weighted by atomic mass is 32.1. The van der Waals surface area contributed by atoms with Crippen LogP contribution in [0.4, 0.5) is 0 Å². The average Bonchev–Trinajstić information content (AvgIpc) is 2.14. The van der Waals surface area contributed by atoms with Crippen LogP contribution < -0.4 is 11.1 Å². The number of hydrogen-bond donors (Lipinski definition) is 2. The van der Waals surface area contributed by atoms with Crippen molar-refractivity contribution in [3.8, 4) is 0 Å². The first-order valence-electron chi connectivity index (χ1n) is 5.36. The third-order valence-electron chi connectivity index (χ3n) is 2.63. The molecule has 3 N–H and O–H groups in total. The van der Waals surface area contributed by atoms with E-state index in [4.69, 9.17) is 18.0 Å². The molecular weight excluding hydrogens is 208 g/mol. The van der Waals surface area contributed by atoms with Crippen LogP contribution in [0.15, 0.2) is 0 Å². The molecule has 0 heterocycles. The third kappa shape index (κ3) is 5.72. The minimum atomic E-state index is -0.305. The van der Waals surface area contributed by atoms with Crippen LogP contribution >= 0.6 is 12.2 Å². The van der Waals surface area contributed by atoms with E-state index in [1.165, 1.54) is 0 Å². The van der Waals surface area contributed by atoms with Gasteiger partial charge in [-0.1, -0.05) is 46.3 Å². The van der Waals surface area contributed by atoms with Gasteiger partial charge >= 0.3 is 0 Å². The van der Waals surface area contributed by atoms with Gasteiger partial charge in [-0.3, -0.25) is 4.79 Å². The Labute approximate surface area is 97.8 Å². The van der Waals surface area contributed by atoms with E-state index in [0.29, 0.717) is 23.9 Å². The molecule has 15 heavy (non-hydrogen) atoms. The van der Waals surface area contributed by atoms with Crippen molar-refractivity contribution in [1.29, 1.82) is 0 Å². The van der Waals surface area contributed by atoms with Gasteiger partial charge in [0.15, 0.2) is 0 Å². The number of nitrogens with one attached hydrogen (secondary N) is 1. The molecule has 0 radical (unpaired) electrons. The monoisotopic (exact) mass is 230 g/mol. The number of carbonyl (C=O) groups is 1. The van der Waals surface area contributed by atoms with Crippen LogP contribution in [-0.2, 0) is 4.79 Å². The molecule has 1 amide bonds. The molecule has 0 aliphatic heterocycles. The van der Waals surface area contributed by atoms with E-state index in [1.807, 2.05) is 13.8 Å². The summed E-state index contributed by atoms with van der Waals surface area (Å²) < 4.78 is 0. The fraction of sp³-hybridized carbons (Fsp3) is 0.818. The number of hydrogen-bond acceptors (Lipinski definition) is 2. The van der Waals surface area contributed by atoms with E-state index < -0.39 is 0 Å². The number of amides is 1. The molecule has 0 aromatic heterocycles. The minimum absolute atomic E-state index is 0.0775. The molecular formula is C11H22N2OS. The molecule has 0 aromatic carbocycles. The second-order valence-electron chi connectivity index (χ2n) is 4.74. The van der Waals surface area contributed by atoms with E-state index >= 15 is 0 Å². The van der Waals surface area contributed by atoms with Crippen molar-refractivity contribution in [3.05, 3.63) is 0 Å². The molecule has 4 heteroatoms. The van der Waals surface area contributed by atoms with E-state index in [1.54, 1.807) is 0 Å². The van der Waals surface area contributed by atoms with Crippen molar-refractivity contribution in [3.63, 3.8) is 0 Å². The van der Waals surface area contributed by atoms with Gasteiger partial charge in [0.1, 0.15) is 0 Å². The summed E-state index contributed by atoms with van der Waals surface area (Å²) in [6, 6.07) is 0. The maximum Gasteiger partial charge on any atom is 0.220 e. The Morgan fingerprint density at radius 3 is 2.47 bits per heavy atom. The number of rotatable bonds is 6. The molecule has 3 nitrogen and oxygen atoms in total. The van der Waals surface area contributed by atoms with Gasteiger partial charge in [0.05, 0.1) is 4.99 Å². The van der Waals surface area contributed by atoms with Gasteiger partial charge in [-0.05, 0) is 5.92 Å². The molecule has 0 rings (SSSR count). The van der Waals surface area contributed by atoms with Crippen LogP contribution in [0, 0.1) is 11.3 Å². The number of thiocarbonyl (C=S) groups is 1. The predicted octanol–water partition coefficient (Wildman–Crippen LogP) is 1.85. The minimum Gasteiger partial charge on any atom is -0.393 e. The quantitative estimate of drug-likeness (QED) is 0.685. The van der Waals surface area contributed by atoms with Crippen LogP contribution in [0.3, 0.4) is 0 Å². The molecule has 0 aromatic rings. The van der Waals surface area contributed by atoms with E-state index in [0.717, 1.165) is 6.42 Å². The molecule has 88 valence electrons.